The van der Waals surface area contributed by atoms with Gasteiger partial charge in [-0.2, -0.15) is 8.42 Å². The van der Waals surface area contributed by atoms with Crippen molar-refractivity contribution in [2.75, 3.05) is 6.61 Å². The quantitative estimate of drug-likeness (QED) is 0.691. The van der Waals surface area contributed by atoms with E-state index in [2.05, 4.69) is 4.98 Å². The second-order valence-electron chi connectivity index (χ2n) is 6.46. The molecule has 1 aliphatic heterocycles. The van der Waals surface area contributed by atoms with E-state index < -0.39 is 46.4 Å². The second-order valence-corrected chi connectivity index (χ2v) is 8.08. The van der Waals surface area contributed by atoms with Gasteiger partial charge in [-0.05, 0) is 26.0 Å². The number of aryl methyl sites for hydroxylation is 2. The van der Waals surface area contributed by atoms with Gasteiger partial charge in [0.05, 0.1) is 17.6 Å². The third kappa shape index (κ3) is 4.19. The lowest BCUT2D eigenvalue weighted by Gasteiger charge is -2.16. The molecule has 1 aliphatic rings. The fourth-order valence-electron chi connectivity index (χ4n) is 2.77. The van der Waals surface area contributed by atoms with E-state index in [-0.39, 0.29) is 11.3 Å². The Kier molecular flexibility index (Phi) is 5.33. The van der Waals surface area contributed by atoms with Crippen LogP contribution in [0.1, 0.15) is 23.8 Å². The molecule has 27 heavy (non-hydrogen) atoms. The van der Waals surface area contributed by atoms with Crippen molar-refractivity contribution in [2.24, 2.45) is 0 Å². The molecule has 0 saturated carbocycles. The summed E-state index contributed by atoms with van der Waals surface area (Å²) in [6, 6.07) is 6.17. The van der Waals surface area contributed by atoms with Crippen molar-refractivity contribution in [3.63, 3.8) is 0 Å². The number of ether oxygens (including phenoxy) is 1. The summed E-state index contributed by atoms with van der Waals surface area (Å²) in [5.74, 6) is 0. The topological polar surface area (TPSA) is 128 Å². The fraction of sp³-hybridized carbons (Fsp3) is 0.412. The molecule has 2 N–H and O–H groups in total. The molecule has 0 spiro atoms. The van der Waals surface area contributed by atoms with Crippen LogP contribution in [0, 0.1) is 13.8 Å². The number of aliphatic hydroxyl groups is 1. The first-order valence-electron chi connectivity index (χ1n) is 8.29. The molecule has 1 saturated heterocycles. The van der Waals surface area contributed by atoms with E-state index in [0.717, 1.165) is 10.1 Å². The van der Waals surface area contributed by atoms with Crippen LogP contribution in [0.25, 0.3) is 0 Å². The largest absolute Gasteiger partial charge is 0.390 e. The van der Waals surface area contributed by atoms with E-state index in [4.69, 9.17) is 8.92 Å². The summed E-state index contributed by atoms with van der Waals surface area (Å²) in [6.45, 7) is 2.97. The van der Waals surface area contributed by atoms with Crippen LogP contribution in [0.15, 0.2) is 44.9 Å². The normalized spacial score (nSPS) is 22.9. The van der Waals surface area contributed by atoms with Crippen LogP contribution < -0.4 is 11.2 Å². The SMILES string of the molecule is Cc1ccc(S(=O)(=O)OC[C@@H]2OC(n3cc(C)c(=O)[nH]c3=O)C[C@H]2O)cc1. The third-order valence-corrected chi connectivity index (χ3v) is 5.65. The molecule has 1 fully saturated rings. The molecular formula is C17H20N2O7S. The van der Waals surface area contributed by atoms with Crippen LogP contribution in [-0.2, 0) is 19.0 Å². The predicted molar refractivity (Wildman–Crippen MR) is 94.9 cm³/mol. The van der Waals surface area contributed by atoms with Crippen molar-refractivity contribution >= 4 is 10.1 Å². The summed E-state index contributed by atoms with van der Waals surface area (Å²) in [6.07, 6.45) is -1.40. The number of aromatic amines is 1. The number of nitrogens with zero attached hydrogens (tertiary/aromatic N) is 1. The molecule has 1 unspecified atom stereocenters. The summed E-state index contributed by atoms with van der Waals surface area (Å²) in [5, 5.41) is 10.2. The zero-order chi connectivity index (χ0) is 19.8. The van der Waals surface area contributed by atoms with Gasteiger partial charge in [0.25, 0.3) is 15.7 Å². The fourth-order valence-corrected chi connectivity index (χ4v) is 3.68. The van der Waals surface area contributed by atoms with E-state index in [0.29, 0.717) is 5.56 Å². The highest BCUT2D eigenvalue weighted by Crippen LogP contribution is 2.28. The molecule has 2 aromatic rings. The number of benzene rings is 1. The molecule has 0 amide bonds. The molecule has 1 aromatic heterocycles. The summed E-state index contributed by atoms with van der Waals surface area (Å²) in [5.41, 5.74) is 0.0535. The predicted octanol–water partition coefficient (Wildman–Crippen LogP) is 0.207. The molecule has 0 bridgehead atoms. The highest BCUT2D eigenvalue weighted by Gasteiger charge is 2.37. The Morgan fingerprint density at radius 2 is 1.93 bits per heavy atom. The van der Waals surface area contributed by atoms with Crippen molar-refractivity contribution in [1.82, 2.24) is 9.55 Å². The molecule has 0 aliphatic carbocycles. The lowest BCUT2D eigenvalue weighted by Crippen LogP contribution is -2.33. The van der Waals surface area contributed by atoms with Crippen molar-refractivity contribution in [1.29, 1.82) is 0 Å². The number of hydrogen-bond donors (Lipinski definition) is 2. The Bertz CT molecular complexity index is 1040. The van der Waals surface area contributed by atoms with Gasteiger partial charge in [0.15, 0.2) is 0 Å². The van der Waals surface area contributed by atoms with Crippen molar-refractivity contribution in [2.45, 2.75) is 43.6 Å². The Morgan fingerprint density at radius 1 is 1.26 bits per heavy atom. The van der Waals surface area contributed by atoms with E-state index >= 15 is 0 Å². The van der Waals surface area contributed by atoms with Crippen molar-refractivity contribution in [3.05, 3.63) is 62.4 Å². The van der Waals surface area contributed by atoms with Crippen LogP contribution in [0.2, 0.25) is 0 Å². The first-order chi connectivity index (χ1) is 12.7. The van der Waals surface area contributed by atoms with Crippen LogP contribution in [-0.4, -0.2) is 41.9 Å². The second kappa shape index (κ2) is 7.39. The van der Waals surface area contributed by atoms with Gasteiger partial charge in [0.2, 0.25) is 0 Å². The Labute approximate surface area is 155 Å². The molecule has 146 valence electrons. The van der Waals surface area contributed by atoms with Crippen molar-refractivity contribution < 1.29 is 22.4 Å². The van der Waals surface area contributed by atoms with Crippen LogP contribution in [0.5, 0.6) is 0 Å². The first-order valence-corrected chi connectivity index (χ1v) is 9.70. The van der Waals surface area contributed by atoms with Gasteiger partial charge in [0, 0.05) is 18.2 Å². The van der Waals surface area contributed by atoms with Crippen LogP contribution in [0.4, 0.5) is 0 Å². The van der Waals surface area contributed by atoms with E-state index in [1.807, 2.05) is 6.92 Å². The number of rotatable bonds is 5. The van der Waals surface area contributed by atoms with Gasteiger partial charge in [-0.25, -0.2) is 4.79 Å². The average Bonchev–Trinajstić information content (AvgIpc) is 2.97. The van der Waals surface area contributed by atoms with Gasteiger partial charge in [0.1, 0.15) is 12.3 Å². The Morgan fingerprint density at radius 3 is 2.59 bits per heavy atom. The number of hydrogen-bond acceptors (Lipinski definition) is 7. The summed E-state index contributed by atoms with van der Waals surface area (Å²) >= 11 is 0. The maximum atomic E-state index is 12.2. The number of H-pyrrole nitrogens is 1. The highest BCUT2D eigenvalue weighted by atomic mass is 32.2. The van der Waals surface area contributed by atoms with Crippen molar-refractivity contribution in [3.8, 4) is 0 Å². The minimum atomic E-state index is -4.00. The van der Waals surface area contributed by atoms with E-state index in [9.17, 15) is 23.1 Å². The van der Waals surface area contributed by atoms with Crippen LogP contribution >= 0.6 is 0 Å². The Balaban J connectivity index is 1.70. The molecule has 9 nitrogen and oxygen atoms in total. The molecule has 10 heteroatoms. The molecule has 2 heterocycles. The van der Waals surface area contributed by atoms with Gasteiger partial charge in [-0.1, -0.05) is 17.7 Å². The van der Waals surface area contributed by atoms with Crippen LogP contribution in [0.3, 0.4) is 0 Å². The summed E-state index contributed by atoms with van der Waals surface area (Å²) < 4.78 is 36.2. The zero-order valence-electron chi connectivity index (χ0n) is 14.8. The first kappa shape index (κ1) is 19.5. The third-order valence-electron chi connectivity index (χ3n) is 4.36. The molecule has 3 atom stereocenters. The van der Waals surface area contributed by atoms with E-state index in [1.165, 1.54) is 25.3 Å². The van der Waals surface area contributed by atoms with Gasteiger partial charge in [-0.3, -0.25) is 18.5 Å². The maximum absolute atomic E-state index is 12.2. The highest BCUT2D eigenvalue weighted by molar-refractivity contribution is 7.86. The average molecular weight is 396 g/mol. The van der Waals surface area contributed by atoms with E-state index in [1.54, 1.807) is 12.1 Å². The number of nitrogens with one attached hydrogen (secondary N) is 1. The zero-order valence-corrected chi connectivity index (χ0v) is 15.6. The monoisotopic (exact) mass is 396 g/mol. The van der Waals surface area contributed by atoms with Gasteiger partial charge < -0.3 is 9.84 Å². The smallest absolute Gasteiger partial charge is 0.330 e. The summed E-state index contributed by atoms with van der Waals surface area (Å²) in [4.78, 5) is 25.6. The maximum Gasteiger partial charge on any atom is 0.330 e. The van der Waals surface area contributed by atoms with Gasteiger partial charge in [-0.15, -0.1) is 0 Å². The molecule has 3 rings (SSSR count). The summed E-state index contributed by atoms with van der Waals surface area (Å²) in [7, 11) is -4.00. The molecule has 0 radical (unpaired) electrons. The minimum Gasteiger partial charge on any atom is -0.390 e. The molecule has 1 aromatic carbocycles. The number of aliphatic hydroxyl groups excluding tert-OH is 1. The Hall–Kier alpha value is -2.27. The minimum absolute atomic E-state index is 0.00427. The lowest BCUT2D eigenvalue weighted by molar-refractivity contribution is -0.0400. The van der Waals surface area contributed by atoms with Gasteiger partial charge >= 0.3 is 5.69 Å². The standard InChI is InChI=1S/C17H20N2O7S/c1-10-3-5-12(6-4-10)27(23,24)25-9-14-13(20)7-15(26-14)19-8-11(2)16(21)18-17(19)22/h3-6,8,13-15,20H,7,9H2,1-2H3,(H,18,21,22)/t13-,14+,15?/m1/s1. The molecular weight excluding hydrogens is 376 g/mol. The lowest BCUT2D eigenvalue weighted by atomic mass is 10.2. The number of aromatic nitrogens is 2.